The van der Waals surface area contributed by atoms with Crippen molar-refractivity contribution < 1.29 is 4.74 Å². The first-order chi connectivity index (χ1) is 13.3. The van der Waals surface area contributed by atoms with Gasteiger partial charge >= 0.3 is 0 Å². The average molecular weight is 390 g/mol. The van der Waals surface area contributed by atoms with Gasteiger partial charge in [0.15, 0.2) is 0 Å². The molecule has 1 aromatic heterocycles. The third-order valence-electron chi connectivity index (χ3n) is 4.88. The van der Waals surface area contributed by atoms with E-state index in [1.807, 2.05) is 31.3 Å². The molecule has 3 aromatic carbocycles. The zero-order valence-electron chi connectivity index (χ0n) is 16.0. The van der Waals surface area contributed by atoms with Gasteiger partial charge < -0.3 is 4.74 Å². The molecular formula is C25H24ClNO. The van der Waals surface area contributed by atoms with E-state index in [2.05, 4.69) is 65.6 Å². The van der Waals surface area contributed by atoms with Crippen molar-refractivity contribution in [2.45, 2.75) is 26.4 Å². The zero-order chi connectivity index (χ0) is 18.5. The third-order valence-corrected chi connectivity index (χ3v) is 4.88. The fourth-order valence-electron chi connectivity index (χ4n) is 3.35. The minimum atomic E-state index is 0. The second kappa shape index (κ2) is 9.38. The SMILES string of the molecule is Cc1cnc(CCc2cccc3ccccc23)cc1OCc1ccccc1.Cl. The second-order valence-corrected chi connectivity index (χ2v) is 6.85. The zero-order valence-corrected chi connectivity index (χ0v) is 16.8. The van der Waals surface area contributed by atoms with Crippen LogP contribution in [0.5, 0.6) is 5.75 Å². The molecule has 0 aliphatic rings. The first kappa shape index (κ1) is 19.9. The normalized spacial score (nSPS) is 10.5. The first-order valence-electron chi connectivity index (χ1n) is 9.38. The van der Waals surface area contributed by atoms with Crippen LogP contribution in [0.25, 0.3) is 10.8 Å². The van der Waals surface area contributed by atoms with Crippen LogP contribution < -0.4 is 4.74 Å². The number of rotatable bonds is 6. The Balaban J connectivity index is 0.00000225. The highest BCUT2D eigenvalue weighted by Gasteiger charge is 2.06. The van der Waals surface area contributed by atoms with Gasteiger partial charge in [-0.15, -0.1) is 12.4 Å². The van der Waals surface area contributed by atoms with Crippen LogP contribution in [-0.4, -0.2) is 4.98 Å². The largest absolute Gasteiger partial charge is 0.489 e. The van der Waals surface area contributed by atoms with Gasteiger partial charge in [0.25, 0.3) is 0 Å². The summed E-state index contributed by atoms with van der Waals surface area (Å²) in [6.45, 7) is 2.62. The smallest absolute Gasteiger partial charge is 0.126 e. The Labute approximate surface area is 172 Å². The lowest BCUT2D eigenvalue weighted by Crippen LogP contribution is -2.01. The van der Waals surface area contributed by atoms with Crippen LogP contribution in [-0.2, 0) is 19.4 Å². The minimum Gasteiger partial charge on any atom is -0.489 e. The molecule has 0 bridgehead atoms. The Kier molecular flexibility index (Phi) is 6.67. The van der Waals surface area contributed by atoms with E-state index in [1.54, 1.807) is 0 Å². The van der Waals surface area contributed by atoms with E-state index in [4.69, 9.17) is 4.74 Å². The summed E-state index contributed by atoms with van der Waals surface area (Å²) in [6, 6.07) is 27.4. The van der Waals surface area contributed by atoms with Crippen LogP contribution in [0.3, 0.4) is 0 Å². The maximum Gasteiger partial charge on any atom is 0.126 e. The predicted octanol–water partition coefficient (Wildman–Crippen LogP) is 6.33. The molecule has 4 rings (SSSR count). The summed E-state index contributed by atoms with van der Waals surface area (Å²) in [7, 11) is 0. The van der Waals surface area contributed by atoms with Gasteiger partial charge in [-0.1, -0.05) is 72.8 Å². The molecule has 0 unspecified atom stereocenters. The Bertz CT molecular complexity index is 1040. The minimum absolute atomic E-state index is 0. The molecule has 0 aliphatic carbocycles. The Hall–Kier alpha value is -2.84. The van der Waals surface area contributed by atoms with E-state index >= 15 is 0 Å². The standard InChI is InChI=1S/C25H23NO.ClH/c1-19-17-26-23(16-25(19)27-18-20-8-3-2-4-9-20)15-14-22-12-7-11-21-10-5-6-13-24(21)22;/h2-13,16-17H,14-15,18H2,1H3;1H. The van der Waals surface area contributed by atoms with E-state index in [0.717, 1.165) is 29.8 Å². The fraction of sp³-hybridized carbons (Fsp3) is 0.160. The number of aryl methyl sites for hydroxylation is 3. The number of ether oxygens (including phenoxy) is 1. The lowest BCUT2D eigenvalue weighted by molar-refractivity contribution is 0.303. The quantitative estimate of drug-likeness (QED) is 0.384. The van der Waals surface area contributed by atoms with Gasteiger partial charge in [0.2, 0.25) is 0 Å². The van der Waals surface area contributed by atoms with Crippen LogP contribution >= 0.6 is 12.4 Å². The maximum absolute atomic E-state index is 6.05. The number of fused-ring (bicyclic) bond motifs is 1. The number of pyridine rings is 1. The molecule has 2 nitrogen and oxygen atoms in total. The number of nitrogens with zero attached hydrogens (tertiary/aromatic N) is 1. The van der Waals surface area contributed by atoms with Gasteiger partial charge in [0, 0.05) is 23.5 Å². The van der Waals surface area contributed by atoms with Crippen LogP contribution in [0.1, 0.15) is 22.4 Å². The van der Waals surface area contributed by atoms with Crippen molar-refractivity contribution in [3.63, 3.8) is 0 Å². The van der Waals surface area contributed by atoms with Gasteiger partial charge in [0.05, 0.1) is 0 Å². The summed E-state index contributed by atoms with van der Waals surface area (Å²) in [5.41, 5.74) is 4.67. The third kappa shape index (κ3) is 4.71. The number of hydrogen-bond donors (Lipinski definition) is 0. The van der Waals surface area contributed by atoms with E-state index in [0.29, 0.717) is 6.61 Å². The summed E-state index contributed by atoms with van der Waals surface area (Å²) in [4.78, 5) is 4.61. The van der Waals surface area contributed by atoms with Crippen LogP contribution in [0, 0.1) is 6.92 Å². The van der Waals surface area contributed by atoms with Crippen molar-refractivity contribution >= 4 is 23.2 Å². The van der Waals surface area contributed by atoms with Gasteiger partial charge in [-0.3, -0.25) is 4.98 Å². The maximum atomic E-state index is 6.05. The highest BCUT2D eigenvalue weighted by Crippen LogP contribution is 2.22. The molecule has 0 radical (unpaired) electrons. The molecule has 0 spiro atoms. The predicted molar refractivity (Wildman–Crippen MR) is 118 cm³/mol. The van der Waals surface area contributed by atoms with Gasteiger partial charge in [-0.25, -0.2) is 0 Å². The molecule has 28 heavy (non-hydrogen) atoms. The second-order valence-electron chi connectivity index (χ2n) is 6.85. The van der Waals surface area contributed by atoms with E-state index in [1.165, 1.54) is 21.9 Å². The van der Waals surface area contributed by atoms with Gasteiger partial charge in [0.1, 0.15) is 12.4 Å². The summed E-state index contributed by atoms with van der Waals surface area (Å²) in [5.74, 6) is 0.918. The topological polar surface area (TPSA) is 22.1 Å². The molecule has 0 saturated heterocycles. The van der Waals surface area contributed by atoms with Crippen molar-refractivity contribution in [1.82, 2.24) is 4.98 Å². The molecule has 0 fully saturated rings. The summed E-state index contributed by atoms with van der Waals surface area (Å²) < 4.78 is 6.05. The Morgan fingerprint density at radius 3 is 2.43 bits per heavy atom. The number of hydrogen-bond acceptors (Lipinski definition) is 2. The van der Waals surface area contributed by atoms with Crippen LogP contribution in [0.15, 0.2) is 85.1 Å². The molecule has 0 aliphatic heterocycles. The van der Waals surface area contributed by atoms with E-state index < -0.39 is 0 Å². The molecule has 142 valence electrons. The molecule has 0 amide bonds. The lowest BCUT2D eigenvalue weighted by Gasteiger charge is -2.11. The molecular weight excluding hydrogens is 366 g/mol. The highest BCUT2D eigenvalue weighted by molar-refractivity contribution is 5.86. The molecule has 0 saturated carbocycles. The summed E-state index contributed by atoms with van der Waals surface area (Å²) in [6.07, 6.45) is 3.78. The Morgan fingerprint density at radius 1 is 0.821 bits per heavy atom. The lowest BCUT2D eigenvalue weighted by atomic mass is 10.00. The Morgan fingerprint density at radius 2 is 1.57 bits per heavy atom. The van der Waals surface area contributed by atoms with Crippen molar-refractivity contribution in [2.24, 2.45) is 0 Å². The van der Waals surface area contributed by atoms with Crippen molar-refractivity contribution in [3.8, 4) is 5.75 Å². The average Bonchev–Trinajstić information content (AvgIpc) is 2.73. The van der Waals surface area contributed by atoms with E-state index in [9.17, 15) is 0 Å². The van der Waals surface area contributed by atoms with Gasteiger partial charge in [-0.2, -0.15) is 0 Å². The number of halogens is 1. The number of aromatic nitrogens is 1. The molecule has 0 atom stereocenters. The first-order valence-corrected chi connectivity index (χ1v) is 9.38. The molecule has 4 aromatic rings. The van der Waals surface area contributed by atoms with Gasteiger partial charge in [-0.05, 0) is 41.7 Å². The molecule has 1 heterocycles. The molecule has 0 N–H and O–H groups in total. The number of benzene rings is 3. The fourth-order valence-corrected chi connectivity index (χ4v) is 3.35. The monoisotopic (exact) mass is 389 g/mol. The van der Waals surface area contributed by atoms with Crippen LogP contribution in [0.2, 0.25) is 0 Å². The van der Waals surface area contributed by atoms with Crippen molar-refractivity contribution in [2.75, 3.05) is 0 Å². The molecule has 3 heteroatoms. The van der Waals surface area contributed by atoms with Crippen molar-refractivity contribution in [3.05, 3.63) is 107 Å². The van der Waals surface area contributed by atoms with E-state index in [-0.39, 0.29) is 12.4 Å². The van der Waals surface area contributed by atoms with Crippen molar-refractivity contribution in [1.29, 1.82) is 0 Å². The highest BCUT2D eigenvalue weighted by atomic mass is 35.5. The van der Waals surface area contributed by atoms with Crippen LogP contribution in [0.4, 0.5) is 0 Å². The summed E-state index contributed by atoms with van der Waals surface area (Å²) in [5, 5.41) is 2.62. The summed E-state index contributed by atoms with van der Waals surface area (Å²) >= 11 is 0.